The van der Waals surface area contributed by atoms with Gasteiger partial charge in [-0.25, -0.2) is 9.78 Å². The maximum Gasteiger partial charge on any atom is 0.338 e. The number of nitrogens with one attached hydrogen (secondary N) is 1. The number of esters is 1. The van der Waals surface area contributed by atoms with Gasteiger partial charge in [0.05, 0.1) is 11.1 Å². The van der Waals surface area contributed by atoms with Gasteiger partial charge in [-0.15, -0.1) is 0 Å². The number of aromatic nitrogens is 1. The molecule has 1 aliphatic rings. The van der Waals surface area contributed by atoms with E-state index in [2.05, 4.69) is 10.3 Å². The van der Waals surface area contributed by atoms with Gasteiger partial charge in [-0.1, -0.05) is 17.7 Å². The highest BCUT2D eigenvalue weighted by Crippen LogP contribution is 2.32. The van der Waals surface area contributed by atoms with E-state index in [9.17, 15) is 9.59 Å². The Kier molecular flexibility index (Phi) is 4.99. The largest absolute Gasteiger partial charge is 0.454 e. The molecule has 28 heavy (non-hydrogen) atoms. The van der Waals surface area contributed by atoms with Crippen LogP contribution in [0.5, 0.6) is 11.5 Å². The van der Waals surface area contributed by atoms with Crippen molar-refractivity contribution in [2.24, 2.45) is 0 Å². The van der Waals surface area contributed by atoms with Crippen molar-refractivity contribution >= 4 is 34.4 Å². The zero-order valence-corrected chi connectivity index (χ0v) is 15.4. The Labute approximate surface area is 165 Å². The Morgan fingerprint density at radius 1 is 1.07 bits per heavy atom. The average molecular weight is 399 g/mol. The molecular weight excluding hydrogens is 384 g/mol. The number of amides is 1. The number of ether oxygens (including phenoxy) is 3. The predicted octanol–water partition coefficient (Wildman–Crippen LogP) is 3.09. The fourth-order valence-electron chi connectivity index (χ4n) is 2.74. The SMILES string of the molecule is O=C(COC(=O)c1ccc2nc(Cl)ccc2c1)NCc1ccc2c(c1)OCO2. The molecule has 0 unspecified atom stereocenters. The lowest BCUT2D eigenvalue weighted by Crippen LogP contribution is -2.28. The van der Waals surface area contributed by atoms with E-state index in [4.69, 9.17) is 25.8 Å². The lowest BCUT2D eigenvalue weighted by molar-refractivity contribution is -0.124. The van der Waals surface area contributed by atoms with E-state index in [0.29, 0.717) is 27.7 Å². The van der Waals surface area contributed by atoms with Gasteiger partial charge in [0.15, 0.2) is 18.1 Å². The number of fused-ring (bicyclic) bond motifs is 2. The molecule has 0 saturated carbocycles. The van der Waals surface area contributed by atoms with Crippen LogP contribution in [0.25, 0.3) is 10.9 Å². The highest BCUT2D eigenvalue weighted by molar-refractivity contribution is 6.29. The topological polar surface area (TPSA) is 86.8 Å². The van der Waals surface area contributed by atoms with E-state index in [1.807, 2.05) is 6.07 Å². The number of pyridine rings is 1. The fourth-order valence-corrected chi connectivity index (χ4v) is 2.90. The number of hydrogen-bond acceptors (Lipinski definition) is 6. The summed E-state index contributed by atoms with van der Waals surface area (Å²) < 4.78 is 15.6. The van der Waals surface area contributed by atoms with Gasteiger partial charge in [0.2, 0.25) is 6.79 Å². The number of nitrogens with zero attached hydrogens (tertiary/aromatic N) is 1. The van der Waals surface area contributed by atoms with Gasteiger partial charge in [0, 0.05) is 11.9 Å². The molecule has 142 valence electrons. The molecule has 1 aliphatic heterocycles. The molecule has 0 saturated heterocycles. The standard InChI is InChI=1S/C20H15ClN2O5/c21-18-6-3-13-8-14(2-4-15(13)23-18)20(25)26-10-19(24)22-9-12-1-5-16-17(7-12)28-11-27-16/h1-8H,9-11H2,(H,22,24). The number of rotatable bonds is 5. The monoisotopic (exact) mass is 398 g/mol. The first-order valence-electron chi connectivity index (χ1n) is 8.47. The van der Waals surface area contributed by atoms with Crippen molar-refractivity contribution in [1.29, 1.82) is 0 Å². The number of carbonyl (C=O) groups excluding carboxylic acids is 2. The van der Waals surface area contributed by atoms with Crippen LogP contribution >= 0.6 is 11.6 Å². The third-order valence-electron chi connectivity index (χ3n) is 4.15. The summed E-state index contributed by atoms with van der Waals surface area (Å²) in [6.07, 6.45) is 0. The maximum atomic E-state index is 12.2. The molecule has 8 heteroatoms. The molecule has 0 bridgehead atoms. The summed E-state index contributed by atoms with van der Waals surface area (Å²) in [5, 5.41) is 3.83. The van der Waals surface area contributed by atoms with E-state index in [1.165, 1.54) is 0 Å². The van der Waals surface area contributed by atoms with Crippen LogP contribution in [-0.2, 0) is 16.1 Å². The summed E-state index contributed by atoms with van der Waals surface area (Å²) in [6.45, 7) is 0.106. The van der Waals surface area contributed by atoms with Crippen molar-refractivity contribution in [3.05, 3.63) is 64.8 Å². The number of carbonyl (C=O) groups is 2. The quantitative estimate of drug-likeness (QED) is 0.525. The van der Waals surface area contributed by atoms with Crippen molar-refractivity contribution in [2.75, 3.05) is 13.4 Å². The number of halogens is 1. The van der Waals surface area contributed by atoms with Gasteiger partial charge in [0.25, 0.3) is 5.91 Å². The molecule has 1 N–H and O–H groups in total. The van der Waals surface area contributed by atoms with Crippen molar-refractivity contribution in [3.8, 4) is 11.5 Å². The highest BCUT2D eigenvalue weighted by atomic mass is 35.5. The molecule has 2 heterocycles. The van der Waals surface area contributed by atoms with Crippen molar-refractivity contribution in [2.45, 2.75) is 6.54 Å². The summed E-state index contributed by atoms with van der Waals surface area (Å²) in [4.78, 5) is 28.3. The lowest BCUT2D eigenvalue weighted by Gasteiger charge is -2.08. The van der Waals surface area contributed by atoms with Crippen LogP contribution in [-0.4, -0.2) is 30.3 Å². The minimum atomic E-state index is -0.588. The van der Waals surface area contributed by atoms with Gasteiger partial charge >= 0.3 is 5.97 Å². The van der Waals surface area contributed by atoms with Crippen LogP contribution < -0.4 is 14.8 Å². The lowest BCUT2D eigenvalue weighted by atomic mass is 10.1. The molecule has 0 atom stereocenters. The third kappa shape index (κ3) is 3.99. The molecule has 2 aromatic carbocycles. The highest BCUT2D eigenvalue weighted by Gasteiger charge is 2.14. The van der Waals surface area contributed by atoms with E-state index in [-0.39, 0.29) is 19.9 Å². The minimum absolute atomic E-state index is 0.193. The van der Waals surface area contributed by atoms with Crippen molar-refractivity contribution < 1.29 is 23.8 Å². The second kappa shape index (κ2) is 7.74. The van der Waals surface area contributed by atoms with Crippen molar-refractivity contribution in [1.82, 2.24) is 10.3 Å². The molecular formula is C20H15ClN2O5. The molecule has 1 amide bonds. The normalized spacial score (nSPS) is 12.0. The van der Waals surface area contributed by atoms with Crippen LogP contribution in [0.1, 0.15) is 15.9 Å². The first kappa shape index (κ1) is 18.1. The summed E-state index contributed by atoms with van der Waals surface area (Å²) in [6, 6.07) is 13.7. The van der Waals surface area contributed by atoms with Gasteiger partial charge in [-0.3, -0.25) is 4.79 Å². The van der Waals surface area contributed by atoms with Crippen LogP contribution in [0.3, 0.4) is 0 Å². The van der Waals surface area contributed by atoms with E-state index in [1.54, 1.807) is 42.5 Å². The molecule has 4 rings (SSSR count). The molecule has 0 fully saturated rings. The van der Waals surface area contributed by atoms with Gasteiger partial charge in [-0.05, 0) is 48.0 Å². The smallest absolute Gasteiger partial charge is 0.338 e. The Bertz CT molecular complexity index is 1070. The van der Waals surface area contributed by atoms with Gasteiger partial charge in [0.1, 0.15) is 5.15 Å². The zero-order valence-electron chi connectivity index (χ0n) is 14.6. The summed E-state index contributed by atoms with van der Waals surface area (Å²) in [7, 11) is 0. The number of benzene rings is 2. The van der Waals surface area contributed by atoms with Crippen LogP contribution in [0.4, 0.5) is 0 Å². The minimum Gasteiger partial charge on any atom is -0.454 e. The Balaban J connectivity index is 1.30. The van der Waals surface area contributed by atoms with Crippen LogP contribution in [0.2, 0.25) is 5.15 Å². The Morgan fingerprint density at radius 3 is 2.82 bits per heavy atom. The van der Waals surface area contributed by atoms with E-state index in [0.717, 1.165) is 10.9 Å². The molecule has 0 spiro atoms. The Hall–Kier alpha value is -3.32. The summed E-state index contributed by atoms with van der Waals surface area (Å²) in [5.41, 5.74) is 1.86. The maximum absolute atomic E-state index is 12.2. The van der Waals surface area contributed by atoms with Crippen LogP contribution in [0.15, 0.2) is 48.5 Å². The van der Waals surface area contributed by atoms with Crippen LogP contribution in [0, 0.1) is 0 Å². The van der Waals surface area contributed by atoms with E-state index < -0.39 is 11.9 Å². The average Bonchev–Trinajstić information content (AvgIpc) is 3.18. The fraction of sp³-hybridized carbons (Fsp3) is 0.150. The zero-order chi connectivity index (χ0) is 19.5. The molecule has 0 radical (unpaired) electrons. The molecule has 7 nitrogen and oxygen atoms in total. The molecule has 3 aromatic rings. The molecule has 1 aromatic heterocycles. The molecule has 0 aliphatic carbocycles. The second-order valence-corrected chi connectivity index (χ2v) is 6.47. The first-order chi connectivity index (χ1) is 13.6. The first-order valence-corrected chi connectivity index (χ1v) is 8.85. The van der Waals surface area contributed by atoms with Gasteiger partial charge in [-0.2, -0.15) is 0 Å². The number of hydrogen-bond donors (Lipinski definition) is 1. The van der Waals surface area contributed by atoms with E-state index >= 15 is 0 Å². The predicted molar refractivity (Wildman–Crippen MR) is 101 cm³/mol. The van der Waals surface area contributed by atoms with Crippen molar-refractivity contribution in [3.63, 3.8) is 0 Å². The second-order valence-electron chi connectivity index (χ2n) is 6.08. The van der Waals surface area contributed by atoms with Gasteiger partial charge < -0.3 is 19.5 Å². The Morgan fingerprint density at radius 2 is 1.93 bits per heavy atom. The summed E-state index contributed by atoms with van der Waals surface area (Å²) >= 11 is 5.85. The summed E-state index contributed by atoms with van der Waals surface area (Å²) in [5.74, 6) is 0.331. The third-order valence-corrected chi connectivity index (χ3v) is 4.36.